The molecule has 1 aromatic carbocycles. The molecule has 86 valence electrons. The van der Waals surface area contributed by atoms with Crippen LogP contribution in [0, 0.1) is 23.7 Å². The summed E-state index contributed by atoms with van der Waals surface area (Å²) in [4.78, 5) is 3.92. The van der Waals surface area contributed by atoms with Crippen LogP contribution in [-0.2, 0) is 6.54 Å². The minimum atomic E-state index is 0.423. The summed E-state index contributed by atoms with van der Waals surface area (Å²) in [5.41, 5.74) is 3.23. The molecule has 0 unspecified atom stereocenters. The quantitative estimate of drug-likeness (QED) is 0.829. The van der Waals surface area contributed by atoms with E-state index in [0.29, 0.717) is 12.2 Å². The number of hydrogen-bond donors (Lipinski definition) is 1. The summed E-state index contributed by atoms with van der Waals surface area (Å²) in [7, 11) is 0. The Bertz CT molecular complexity index is 575. The van der Waals surface area contributed by atoms with Crippen molar-refractivity contribution >= 4 is 5.69 Å². The maximum Gasteiger partial charge on any atom is 0.140 e. The molecule has 0 bridgehead atoms. The summed E-state index contributed by atoms with van der Waals surface area (Å²) >= 11 is 0. The number of nitrogens with one attached hydrogen (secondary N) is 1. The maximum absolute atomic E-state index is 8.76. The molecule has 0 aliphatic rings. The minimum Gasteiger partial charge on any atom is -0.381 e. The van der Waals surface area contributed by atoms with E-state index in [1.807, 2.05) is 36.4 Å². The van der Waals surface area contributed by atoms with E-state index >= 15 is 0 Å². The van der Waals surface area contributed by atoms with Crippen molar-refractivity contribution < 1.29 is 0 Å². The highest BCUT2D eigenvalue weighted by molar-refractivity contribution is 5.50. The Hall–Kier alpha value is -2.78. The van der Waals surface area contributed by atoms with Crippen LogP contribution in [0.3, 0.4) is 0 Å². The van der Waals surface area contributed by atoms with Gasteiger partial charge >= 0.3 is 0 Å². The van der Waals surface area contributed by atoms with Crippen LogP contribution in [0.15, 0.2) is 42.6 Å². The van der Waals surface area contributed by atoms with Crippen LogP contribution in [0.4, 0.5) is 5.69 Å². The van der Waals surface area contributed by atoms with Gasteiger partial charge in [0, 0.05) is 24.0 Å². The van der Waals surface area contributed by atoms with Crippen LogP contribution in [-0.4, -0.2) is 4.98 Å². The second-order valence-electron chi connectivity index (χ2n) is 3.74. The van der Waals surface area contributed by atoms with Crippen molar-refractivity contribution in [1.29, 1.82) is 5.26 Å². The molecule has 18 heavy (non-hydrogen) atoms. The topological polar surface area (TPSA) is 48.7 Å². The molecule has 2 rings (SSSR count). The number of pyridine rings is 1. The number of nitriles is 1. The second-order valence-corrected chi connectivity index (χ2v) is 3.74. The van der Waals surface area contributed by atoms with E-state index in [9.17, 15) is 0 Å². The lowest BCUT2D eigenvalue weighted by atomic mass is 10.2. The Balaban J connectivity index is 2.07. The van der Waals surface area contributed by atoms with Gasteiger partial charge in [0.2, 0.25) is 0 Å². The highest BCUT2D eigenvalue weighted by Gasteiger charge is 1.97. The molecule has 1 aromatic heterocycles. The number of benzene rings is 1. The van der Waals surface area contributed by atoms with E-state index in [2.05, 4.69) is 16.2 Å². The molecular weight excluding hydrogens is 222 g/mol. The minimum absolute atomic E-state index is 0.423. The van der Waals surface area contributed by atoms with Crippen LogP contribution in [0.25, 0.3) is 0 Å². The number of terminal acetylenes is 1. The van der Waals surface area contributed by atoms with Gasteiger partial charge in [0.25, 0.3) is 0 Å². The third-order valence-corrected chi connectivity index (χ3v) is 2.46. The standard InChI is InChI=1S/C15H11N3/c1-2-12-4-3-5-14(8-12)18-11-13-6-7-17-15(9-13)10-16/h1,3-9,18H,11H2. The Labute approximate surface area is 106 Å². The number of aromatic nitrogens is 1. The largest absolute Gasteiger partial charge is 0.381 e. The first kappa shape index (κ1) is 11.7. The normalized spacial score (nSPS) is 9.22. The van der Waals surface area contributed by atoms with E-state index in [1.165, 1.54) is 0 Å². The molecule has 0 saturated heterocycles. The third kappa shape index (κ3) is 2.87. The first-order valence-corrected chi connectivity index (χ1v) is 5.47. The van der Waals surface area contributed by atoms with E-state index in [4.69, 9.17) is 11.7 Å². The van der Waals surface area contributed by atoms with Crippen LogP contribution < -0.4 is 5.32 Å². The van der Waals surface area contributed by atoms with Gasteiger partial charge in [0.05, 0.1) is 0 Å². The highest BCUT2D eigenvalue weighted by atomic mass is 14.9. The lowest BCUT2D eigenvalue weighted by Crippen LogP contribution is -2.00. The summed E-state index contributed by atoms with van der Waals surface area (Å²) in [6.45, 7) is 0.630. The number of rotatable bonds is 3. The van der Waals surface area contributed by atoms with Gasteiger partial charge in [0.1, 0.15) is 11.8 Å². The summed E-state index contributed by atoms with van der Waals surface area (Å²) < 4.78 is 0. The van der Waals surface area contributed by atoms with Crippen molar-refractivity contribution in [1.82, 2.24) is 4.98 Å². The molecule has 1 N–H and O–H groups in total. The van der Waals surface area contributed by atoms with Crippen molar-refractivity contribution in [3.63, 3.8) is 0 Å². The molecule has 0 aliphatic heterocycles. The number of anilines is 1. The fourth-order valence-corrected chi connectivity index (χ4v) is 1.57. The molecule has 1 heterocycles. The molecule has 3 nitrogen and oxygen atoms in total. The van der Waals surface area contributed by atoms with Gasteiger partial charge in [-0.2, -0.15) is 5.26 Å². The monoisotopic (exact) mass is 233 g/mol. The molecule has 0 amide bonds. The fourth-order valence-electron chi connectivity index (χ4n) is 1.57. The lowest BCUT2D eigenvalue weighted by molar-refractivity contribution is 1.12. The Morgan fingerprint density at radius 3 is 2.94 bits per heavy atom. The van der Waals surface area contributed by atoms with Crippen LogP contribution in [0.1, 0.15) is 16.8 Å². The average molecular weight is 233 g/mol. The van der Waals surface area contributed by atoms with Crippen LogP contribution in [0.2, 0.25) is 0 Å². The smallest absolute Gasteiger partial charge is 0.140 e. The average Bonchev–Trinajstić information content (AvgIpc) is 2.45. The van der Waals surface area contributed by atoms with Crippen molar-refractivity contribution in [2.24, 2.45) is 0 Å². The number of hydrogen-bond acceptors (Lipinski definition) is 3. The fraction of sp³-hybridized carbons (Fsp3) is 0.0667. The summed E-state index contributed by atoms with van der Waals surface area (Å²) in [5, 5.41) is 12.0. The summed E-state index contributed by atoms with van der Waals surface area (Å²) in [5.74, 6) is 2.59. The summed E-state index contributed by atoms with van der Waals surface area (Å²) in [6, 6.07) is 13.3. The third-order valence-electron chi connectivity index (χ3n) is 2.46. The molecule has 2 aromatic rings. The summed E-state index contributed by atoms with van der Waals surface area (Å²) in [6.07, 6.45) is 6.97. The van der Waals surface area contributed by atoms with Crippen LogP contribution >= 0.6 is 0 Å². The second kappa shape index (κ2) is 5.52. The molecule has 0 saturated carbocycles. The van der Waals surface area contributed by atoms with Gasteiger partial charge in [-0.25, -0.2) is 4.98 Å². The van der Waals surface area contributed by atoms with Crippen molar-refractivity contribution in [2.45, 2.75) is 6.54 Å². The molecule has 0 aliphatic carbocycles. The Morgan fingerprint density at radius 1 is 1.28 bits per heavy atom. The van der Waals surface area contributed by atoms with E-state index in [0.717, 1.165) is 16.8 Å². The predicted molar refractivity (Wildman–Crippen MR) is 70.7 cm³/mol. The molecule has 0 atom stereocenters. The zero-order chi connectivity index (χ0) is 12.8. The first-order valence-electron chi connectivity index (χ1n) is 5.47. The van der Waals surface area contributed by atoms with Crippen molar-refractivity contribution in [2.75, 3.05) is 5.32 Å². The van der Waals surface area contributed by atoms with Crippen LogP contribution in [0.5, 0.6) is 0 Å². The molecule has 0 fully saturated rings. The lowest BCUT2D eigenvalue weighted by Gasteiger charge is -2.06. The van der Waals surface area contributed by atoms with E-state index in [-0.39, 0.29) is 0 Å². The van der Waals surface area contributed by atoms with E-state index in [1.54, 1.807) is 12.3 Å². The zero-order valence-electron chi connectivity index (χ0n) is 9.72. The molecular formula is C15H11N3. The van der Waals surface area contributed by atoms with Gasteiger partial charge in [-0.05, 0) is 35.9 Å². The Kier molecular flexibility index (Phi) is 3.59. The first-order chi connectivity index (χ1) is 8.81. The molecule has 0 radical (unpaired) electrons. The molecule has 3 heteroatoms. The van der Waals surface area contributed by atoms with Gasteiger partial charge in [-0.15, -0.1) is 6.42 Å². The highest BCUT2D eigenvalue weighted by Crippen LogP contribution is 2.11. The number of nitrogens with zero attached hydrogens (tertiary/aromatic N) is 2. The van der Waals surface area contributed by atoms with Crippen molar-refractivity contribution in [3.05, 3.63) is 59.4 Å². The predicted octanol–water partition coefficient (Wildman–Crippen LogP) is 2.55. The van der Waals surface area contributed by atoms with Gasteiger partial charge < -0.3 is 5.32 Å². The van der Waals surface area contributed by atoms with Gasteiger partial charge in [0.15, 0.2) is 0 Å². The van der Waals surface area contributed by atoms with Gasteiger partial charge in [-0.1, -0.05) is 12.0 Å². The Morgan fingerprint density at radius 2 is 2.17 bits per heavy atom. The van der Waals surface area contributed by atoms with Crippen molar-refractivity contribution in [3.8, 4) is 18.4 Å². The maximum atomic E-state index is 8.76. The van der Waals surface area contributed by atoms with Gasteiger partial charge in [-0.3, -0.25) is 0 Å². The molecule has 0 spiro atoms. The van der Waals surface area contributed by atoms with E-state index < -0.39 is 0 Å². The zero-order valence-corrected chi connectivity index (χ0v) is 9.72. The SMILES string of the molecule is C#Cc1cccc(NCc2ccnc(C#N)c2)c1.